The van der Waals surface area contributed by atoms with Crippen LogP contribution in [0.25, 0.3) is 11.5 Å². The number of nitrogens with zero attached hydrogens (tertiary/aromatic N) is 4. The van der Waals surface area contributed by atoms with Crippen molar-refractivity contribution < 1.29 is 8.81 Å². The predicted octanol–water partition coefficient (Wildman–Crippen LogP) is 4.16. The number of rotatable bonds is 4. The second-order valence-corrected chi connectivity index (χ2v) is 7.11. The predicted molar refractivity (Wildman–Crippen MR) is 103 cm³/mol. The summed E-state index contributed by atoms with van der Waals surface area (Å²) in [6, 6.07) is 12.4. The second kappa shape index (κ2) is 7.66. The van der Waals surface area contributed by atoms with Gasteiger partial charge in [-0.3, -0.25) is 4.90 Å². The summed E-state index contributed by atoms with van der Waals surface area (Å²) in [5.41, 5.74) is 2.73. The molecule has 27 heavy (non-hydrogen) atoms. The maximum absolute atomic E-state index is 13.9. The zero-order chi connectivity index (χ0) is 18.8. The third kappa shape index (κ3) is 3.96. The first-order valence-corrected chi connectivity index (χ1v) is 9.29. The maximum Gasteiger partial charge on any atom is 0.250 e. The summed E-state index contributed by atoms with van der Waals surface area (Å²) < 4.78 is 19.5. The molecule has 1 fully saturated rings. The standard InChI is InChI=1S/C20H20ClFN4O/c1-14-6-7-15(21)12-18(14)26-10-8-25(9-11-26)13-19-23-24-20(27-19)16-4-2-3-5-17(16)22/h2-7,12H,8-11,13H2,1H3. The lowest BCUT2D eigenvalue weighted by Gasteiger charge is -2.36. The molecule has 0 unspecified atom stereocenters. The molecule has 7 heteroatoms. The molecule has 5 nitrogen and oxygen atoms in total. The van der Waals surface area contributed by atoms with Gasteiger partial charge in [-0.15, -0.1) is 10.2 Å². The first kappa shape index (κ1) is 17.9. The molecule has 2 heterocycles. The molecule has 0 atom stereocenters. The number of hydrogen-bond acceptors (Lipinski definition) is 5. The fraction of sp³-hybridized carbons (Fsp3) is 0.300. The van der Waals surface area contributed by atoms with Crippen LogP contribution in [0.4, 0.5) is 10.1 Å². The van der Waals surface area contributed by atoms with Gasteiger partial charge in [-0.2, -0.15) is 0 Å². The number of benzene rings is 2. The highest BCUT2D eigenvalue weighted by Gasteiger charge is 2.21. The Morgan fingerprint density at radius 1 is 1.07 bits per heavy atom. The molecular weight excluding hydrogens is 367 g/mol. The van der Waals surface area contributed by atoms with Gasteiger partial charge in [0.25, 0.3) is 5.89 Å². The number of piperazine rings is 1. The Labute approximate surface area is 162 Å². The molecule has 1 aromatic heterocycles. The van der Waals surface area contributed by atoms with E-state index in [9.17, 15) is 4.39 Å². The van der Waals surface area contributed by atoms with Gasteiger partial charge in [0.05, 0.1) is 12.1 Å². The van der Waals surface area contributed by atoms with E-state index in [4.69, 9.17) is 16.0 Å². The fourth-order valence-electron chi connectivity index (χ4n) is 3.32. The summed E-state index contributed by atoms with van der Waals surface area (Å²) in [5, 5.41) is 8.82. The van der Waals surface area contributed by atoms with Gasteiger partial charge in [-0.1, -0.05) is 29.8 Å². The molecule has 2 aromatic carbocycles. The Morgan fingerprint density at radius 2 is 1.85 bits per heavy atom. The first-order chi connectivity index (χ1) is 13.1. The van der Waals surface area contributed by atoms with Crippen LogP contribution in [0.1, 0.15) is 11.5 Å². The zero-order valence-corrected chi connectivity index (χ0v) is 15.8. The van der Waals surface area contributed by atoms with Crippen molar-refractivity contribution in [3.63, 3.8) is 0 Å². The van der Waals surface area contributed by atoms with Crippen LogP contribution in [0.15, 0.2) is 46.9 Å². The van der Waals surface area contributed by atoms with Crippen LogP contribution in [-0.2, 0) is 6.54 Å². The van der Waals surface area contributed by atoms with Gasteiger partial charge in [0, 0.05) is 36.9 Å². The lowest BCUT2D eigenvalue weighted by Crippen LogP contribution is -2.46. The van der Waals surface area contributed by atoms with Crippen molar-refractivity contribution in [2.75, 3.05) is 31.1 Å². The van der Waals surface area contributed by atoms with Crippen molar-refractivity contribution >= 4 is 17.3 Å². The Balaban J connectivity index is 1.39. The number of halogens is 2. The molecule has 0 saturated carbocycles. The minimum atomic E-state index is -0.363. The third-order valence-electron chi connectivity index (χ3n) is 4.81. The molecule has 4 rings (SSSR count). The van der Waals surface area contributed by atoms with Crippen molar-refractivity contribution in [1.82, 2.24) is 15.1 Å². The second-order valence-electron chi connectivity index (χ2n) is 6.67. The van der Waals surface area contributed by atoms with E-state index in [1.165, 1.54) is 17.3 Å². The van der Waals surface area contributed by atoms with Gasteiger partial charge in [0.15, 0.2) is 0 Å². The topological polar surface area (TPSA) is 45.4 Å². The van der Waals surface area contributed by atoms with Crippen LogP contribution in [0.2, 0.25) is 5.02 Å². The summed E-state index contributed by atoms with van der Waals surface area (Å²) in [5.74, 6) is 0.357. The van der Waals surface area contributed by atoms with Crippen molar-refractivity contribution in [3.05, 3.63) is 64.8 Å². The molecule has 3 aromatic rings. The van der Waals surface area contributed by atoms with Gasteiger partial charge >= 0.3 is 0 Å². The minimum absolute atomic E-state index is 0.219. The highest BCUT2D eigenvalue weighted by Crippen LogP contribution is 2.26. The molecule has 0 bridgehead atoms. The fourth-order valence-corrected chi connectivity index (χ4v) is 3.49. The Kier molecular flexibility index (Phi) is 5.09. The van der Waals surface area contributed by atoms with Crippen LogP contribution in [0.5, 0.6) is 0 Å². The smallest absolute Gasteiger partial charge is 0.250 e. The van der Waals surface area contributed by atoms with E-state index >= 15 is 0 Å². The summed E-state index contributed by atoms with van der Waals surface area (Å²) in [6.45, 7) is 6.21. The highest BCUT2D eigenvalue weighted by atomic mass is 35.5. The molecule has 0 spiro atoms. The van der Waals surface area contributed by atoms with Crippen molar-refractivity contribution in [3.8, 4) is 11.5 Å². The molecule has 1 saturated heterocycles. The van der Waals surface area contributed by atoms with E-state index in [0.29, 0.717) is 18.0 Å². The molecule has 1 aliphatic rings. The number of aryl methyl sites for hydroxylation is 1. The molecule has 0 amide bonds. The molecule has 1 aliphatic heterocycles. The van der Waals surface area contributed by atoms with Crippen LogP contribution < -0.4 is 4.90 Å². The van der Waals surface area contributed by atoms with E-state index in [1.807, 2.05) is 18.2 Å². The summed E-state index contributed by atoms with van der Waals surface area (Å²) in [6.07, 6.45) is 0. The Hall–Kier alpha value is -2.44. The van der Waals surface area contributed by atoms with Crippen LogP contribution in [0, 0.1) is 12.7 Å². The Bertz CT molecular complexity index is 937. The summed E-state index contributed by atoms with van der Waals surface area (Å²) in [4.78, 5) is 4.60. The van der Waals surface area contributed by atoms with E-state index < -0.39 is 0 Å². The van der Waals surface area contributed by atoms with E-state index in [1.54, 1.807) is 18.2 Å². The lowest BCUT2D eigenvalue weighted by atomic mass is 10.1. The molecule has 140 valence electrons. The van der Waals surface area contributed by atoms with Gasteiger partial charge in [0.1, 0.15) is 5.82 Å². The number of aromatic nitrogens is 2. The van der Waals surface area contributed by atoms with E-state index in [2.05, 4.69) is 26.9 Å². The zero-order valence-electron chi connectivity index (χ0n) is 15.0. The lowest BCUT2D eigenvalue weighted by molar-refractivity contribution is 0.227. The quantitative estimate of drug-likeness (QED) is 0.673. The van der Waals surface area contributed by atoms with Gasteiger partial charge in [-0.25, -0.2) is 4.39 Å². The largest absolute Gasteiger partial charge is 0.419 e. The number of anilines is 1. The van der Waals surface area contributed by atoms with E-state index in [0.717, 1.165) is 31.2 Å². The normalized spacial score (nSPS) is 15.3. The SMILES string of the molecule is Cc1ccc(Cl)cc1N1CCN(Cc2nnc(-c3ccccc3F)o2)CC1. The van der Waals surface area contributed by atoms with Crippen LogP contribution in [0.3, 0.4) is 0 Å². The van der Waals surface area contributed by atoms with Crippen LogP contribution in [-0.4, -0.2) is 41.3 Å². The maximum atomic E-state index is 13.9. The van der Waals surface area contributed by atoms with Crippen molar-refractivity contribution in [2.45, 2.75) is 13.5 Å². The Morgan fingerprint density at radius 3 is 2.63 bits per heavy atom. The van der Waals surface area contributed by atoms with Gasteiger partial charge in [0.2, 0.25) is 5.89 Å². The van der Waals surface area contributed by atoms with Crippen LogP contribution >= 0.6 is 11.6 Å². The van der Waals surface area contributed by atoms with Gasteiger partial charge < -0.3 is 9.32 Å². The monoisotopic (exact) mass is 386 g/mol. The van der Waals surface area contributed by atoms with Crippen molar-refractivity contribution in [2.24, 2.45) is 0 Å². The number of hydrogen-bond donors (Lipinski definition) is 0. The average molecular weight is 387 g/mol. The molecule has 0 N–H and O–H groups in total. The summed E-state index contributed by atoms with van der Waals surface area (Å²) in [7, 11) is 0. The molecule has 0 aliphatic carbocycles. The molecule has 0 radical (unpaired) electrons. The van der Waals surface area contributed by atoms with Gasteiger partial charge in [-0.05, 0) is 36.8 Å². The highest BCUT2D eigenvalue weighted by molar-refractivity contribution is 6.30. The molecular formula is C20H20ClFN4O. The first-order valence-electron chi connectivity index (χ1n) is 8.91. The minimum Gasteiger partial charge on any atom is -0.419 e. The average Bonchev–Trinajstić information content (AvgIpc) is 3.13. The third-order valence-corrected chi connectivity index (χ3v) is 5.05. The van der Waals surface area contributed by atoms with E-state index in [-0.39, 0.29) is 11.7 Å². The van der Waals surface area contributed by atoms with Crippen molar-refractivity contribution in [1.29, 1.82) is 0 Å². The summed E-state index contributed by atoms with van der Waals surface area (Å²) >= 11 is 6.14.